The maximum atomic E-state index is 9.53. The Balaban J connectivity index is 2.66. The highest BCUT2D eigenvalue weighted by molar-refractivity contribution is 7.15. The van der Waals surface area contributed by atoms with Crippen molar-refractivity contribution in [3.63, 3.8) is 0 Å². The fourth-order valence-corrected chi connectivity index (χ4v) is 2.23. The van der Waals surface area contributed by atoms with E-state index in [-0.39, 0.29) is 5.88 Å². The first kappa shape index (κ1) is 6.91. The monoisotopic (exact) mass is 190 g/mol. The van der Waals surface area contributed by atoms with Crippen LogP contribution in [-0.4, -0.2) is 14.5 Å². The van der Waals surface area contributed by atoms with Gasteiger partial charge in [0.05, 0.1) is 16.4 Å². The number of nitrogens with zero attached hydrogens (tertiary/aromatic N) is 2. The molecule has 0 saturated carbocycles. The molecule has 13 heavy (non-hydrogen) atoms. The minimum Gasteiger partial charge on any atom is -0.494 e. The van der Waals surface area contributed by atoms with Gasteiger partial charge < -0.3 is 5.11 Å². The van der Waals surface area contributed by atoms with Crippen molar-refractivity contribution in [2.45, 2.75) is 0 Å². The third-order valence-corrected chi connectivity index (χ3v) is 2.84. The molecular weight excluding hydrogens is 184 g/mol. The Kier molecular flexibility index (Phi) is 1.19. The number of fused-ring (bicyclic) bond motifs is 3. The zero-order chi connectivity index (χ0) is 8.84. The van der Waals surface area contributed by atoms with Crippen LogP contribution in [0.25, 0.3) is 16.0 Å². The first-order valence-corrected chi connectivity index (χ1v) is 4.78. The Labute approximate surface area is 77.9 Å². The van der Waals surface area contributed by atoms with Crippen LogP contribution in [0.1, 0.15) is 0 Å². The fraction of sp³-hybridized carbons (Fsp3) is 0. The van der Waals surface area contributed by atoms with Gasteiger partial charge in [-0.05, 0) is 12.1 Å². The van der Waals surface area contributed by atoms with Gasteiger partial charge in [0.2, 0.25) is 5.88 Å². The third kappa shape index (κ3) is 0.805. The summed E-state index contributed by atoms with van der Waals surface area (Å²) in [6.07, 6.45) is 0. The molecule has 0 radical (unpaired) electrons. The first-order chi connectivity index (χ1) is 6.36. The maximum absolute atomic E-state index is 9.53. The number of hydrogen-bond acceptors (Lipinski definition) is 3. The highest BCUT2D eigenvalue weighted by Crippen LogP contribution is 2.26. The van der Waals surface area contributed by atoms with Crippen molar-refractivity contribution in [1.82, 2.24) is 9.38 Å². The Morgan fingerprint density at radius 1 is 1.31 bits per heavy atom. The van der Waals surface area contributed by atoms with Crippen molar-refractivity contribution in [2.75, 3.05) is 0 Å². The van der Waals surface area contributed by atoms with Crippen LogP contribution < -0.4 is 0 Å². The molecule has 0 unspecified atom stereocenters. The van der Waals surface area contributed by atoms with Crippen LogP contribution in [0.3, 0.4) is 0 Å². The average molecular weight is 190 g/mol. The van der Waals surface area contributed by atoms with E-state index in [1.165, 1.54) is 11.3 Å². The second kappa shape index (κ2) is 2.23. The van der Waals surface area contributed by atoms with Crippen molar-refractivity contribution in [1.29, 1.82) is 0 Å². The molecule has 64 valence electrons. The molecular formula is C9H6N2OS. The molecule has 2 aromatic heterocycles. The van der Waals surface area contributed by atoms with E-state index >= 15 is 0 Å². The minimum absolute atomic E-state index is 0.258. The topological polar surface area (TPSA) is 37.5 Å². The van der Waals surface area contributed by atoms with E-state index in [1.807, 2.05) is 24.3 Å². The molecule has 0 aliphatic carbocycles. The average Bonchev–Trinajstić information content (AvgIpc) is 2.66. The number of aromatic hydroxyl groups is 1. The molecule has 0 saturated heterocycles. The molecule has 2 heterocycles. The second-order valence-corrected chi connectivity index (χ2v) is 3.65. The largest absolute Gasteiger partial charge is 0.494 e. The summed E-state index contributed by atoms with van der Waals surface area (Å²) in [5.41, 5.74) is 1.88. The highest BCUT2D eigenvalue weighted by atomic mass is 32.1. The van der Waals surface area contributed by atoms with Gasteiger partial charge in [-0.3, -0.25) is 4.40 Å². The number of aromatic nitrogens is 2. The molecule has 1 N–H and O–H groups in total. The van der Waals surface area contributed by atoms with Gasteiger partial charge in [0.15, 0.2) is 4.96 Å². The lowest BCUT2D eigenvalue weighted by Gasteiger charge is -1.90. The van der Waals surface area contributed by atoms with Crippen molar-refractivity contribution in [3.05, 3.63) is 29.6 Å². The van der Waals surface area contributed by atoms with Crippen LogP contribution in [0, 0.1) is 0 Å². The van der Waals surface area contributed by atoms with Gasteiger partial charge in [-0.1, -0.05) is 12.1 Å². The van der Waals surface area contributed by atoms with Crippen LogP contribution in [-0.2, 0) is 0 Å². The molecule has 0 fully saturated rings. The standard InChI is InChI=1S/C9H6N2OS/c12-8-5-13-9-10-6-3-1-2-4-7(6)11(8)9/h1-5,12H. The summed E-state index contributed by atoms with van der Waals surface area (Å²) < 4.78 is 1.75. The predicted molar refractivity (Wildman–Crippen MR) is 52.2 cm³/mol. The Hall–Kier alpha value is -1.55. The Morgan fingerprint density at radius 2 is 2.15 bits per heavy atom. The fourth-order valence-electron chi connectivity index (χ4n) is 1.46. The SMILES string of the molecule is Oc1csc2nc3ccccc3n12. The second-order valence-electron chi connectivity index (χ2n) is 2.81. The lowest BCUT2D eigenvalue weighted by Crippen LogP contribution is -1.76. The predicted octanol–water partition coefficient (Wildman–Crippen LogP) is 2.25. The molecule has 0 aliphatic heterocycles. The summed E-state index contributed by atoms with van der Waals surface area (Å²) in [6.45, 7) is 0. The Morgan fingerprint density at radius 3 is 3.08 bits per heavy atom. The Bertz CT molecular complexity index is 581. The number of hydrogen-bond donors (Lipinski definition) is 1. The van der Waals surface area contributed by atoms with Crippen molar-refractivity contribution in [3.8, 4) is 5.88 Å². The van der Waals surface area contributed by atoms with Crippen molar-refractivity contribution < 1.29 is 5.11 Å². The van der Waals surface area contributed by atoms with Crippen molar-refractivity contribution in [2.24, 2.45) is 0 Å². The third-order valence-electron chi connectivity index (χ3n) is 2.03. The summed E-state index contributed by atoms with van der Waals surface area (Å²) in [4.78, 5) is 5.19. The van der Waals surface area contributed by atoms with Crippen LogP contribution >= 0.6 is 11.3 Å². The molecule has 4 heteroatoms. The van der Waals surface area contributed by atoms with Gasteiger partial charge >= 0.3 is 0 Å². The minimum atomic E-state index is 0.258. The summed E-state index contributed by atoms with van der Waals surface area (Å²) in [6, 6.07) is 7.76. The van der Waals surface area contributed by atoms with Crippen LogP contribution in [0.15, 0.2) is 29.6 Å². The quantitative estimate of drug-likeness (QED) is 0.590. The van der Waals surface area contributed by atoms with E-state index in [0.29, 0.717) is 0 Å². The molecule has 3 aromatic rings. The van der Waals surface area contributed by atoms with Gasteiger partial charge in [0, 0.05) is 0 Å². The molecule has 1 aromatic carbocycles. The number of imidazole rings is 1. The molecule has 0 spiro atoms. The van der Waals surface area contributed by atoms with Gasteiger partial charge in [-0.2, -0.15) is 0 Å². The van der Waals surface area contributed by atoms with Gasteiger partial charge in [-0.15, -0.1) is 11.3 Å². The van der Waals surface area contributed by atoms with E-state index in [4.69, 9.17) is 0 Å². The van der Waals surface area contributed by atoms with Crippen LogP contribution in [0.5, 0.6) is 5.88 Å². The van der Waals surface area contributed by atoms with E-state index in [1.54, 1.807) is 9.78 Å². The molecule has 0 aliphatic rings. The molecule has 3 nitrogen and oxygen atoms in total. The summed E-state index contributed by atoms with van der Waals surface area (Å²) in [5.74, 6) is 0.258. The van der Waals surface area contributed by atoms with Gasteiger partial charge in [0.1, 0.15) is 0 Å². The van der Waals surface area contributed by atoms with E-state index in [0.717, 1.165) is 16.0 Å². The van der Waals surface area contributed by atoms with Crippen LogP contribution in [0.2, 0.25) is 0 Å². The molecule has 3 rings (SSSR count). The number of para-hydroxylation sites is 2. The zero-order valence-corrected chi connectivity index (χ0v) is 7.45. The van der Waals surface area contributed by atoms with Gasteiger partial charge in [-0.25, -0.2) is 4.98 Å². The summed E-state index contributed by atoms with van der Waals surface area (Å²) in [7, 11) is 0. The lowest BCUT2D eigenvalue weighted by atomic mass is 10.3. The number of thiazole rings is 1. The highest BCUT2D eigenvalue weighted by Gasteiger charge is 2.07. The lowest BCUT2D eigenvalue weighted by molar-refractivity contribution is 0.452. The zero-order valence-electron chi connectivity index (χ0n) is 6.64. The van der Waals surface area contributed by atoms with Gasteiger partial charge in [0.25, 0.3) is 0 Å². The van der Waals surface area contributed by atoms with E-state index in [9.17, 15) is 5.11 Å². The molecule has 0 atom stereocenters. The van der Waals surface area contributed by atoms with E-state index in [2.05, 4.69) is 4.98 Å². The number of benzene rings is 1. The van der Waals surface area contributed by atoms with Crippen LogP contribution in [0.4, 0.5) is 0 Å². The summed E-state index contributed by atoms with van der Waals surface area (Å²) in [5, 5.41) is 11.2. The number of rotatable bonds is 0. The molecule has 0 amide bonds. The summed E-state index contributed by atoms with van der Waals surface area (Å²) >= 11 is 1.44. The van der Waals surface area contributed by atoms with E-state index < -0.39 is 0 Å². The first-order valence-electron chi connectivity index (χ1n) is 3.90. The normalized spacial score (nSPS) is 11.4. The maximum Gasteiger partial charge on any atom is 0.208 e. The van der Waals surface area contributed by atoms with Crippen molar-refractivity contribution >= 4 is 27.3 Å². The smallest absolute Gasteiger partial charge is 0.208 e. The molecule has 0 bridgehead atoms.